The molecule has 0 unspecified atom stereocenters. The quantitative estimate of drug-likeness (QED) is 0.568. The van der Waals surface area contributed by atoms with E-state index in [2.05, 4.69) is 0 Å². The number of carbonyl (C=O) groups excluding carboxylic acids is 1. The van der Waals surface area contributed by atoms with Crippen LogP contribution in [0.15, 0.2) is 42.5 Å². The predicted molar refractivity (Wildman–Crippen MR) is 88.5 cm³/mol. The lowest BCUT2D eigenvalue weighted by Gasteiger charge is -2.19. The number of halogens is 1. The summed E-state index contributed by atoms with van der Waals surface area (Å²) in [4.78, 5) is 24.1. The summed E-state index contributed by atoms with van der Waals surface area (Å²) in [5.41, 5.74) is -0.134. The van der Waals surface area contributed by atoms with E-state index in [1.807, 2.05) is 0 Å². The molecule has 0 bridgehead atoms. The maximum Gasteiger partial charge on any atom is 0.270 e. The Morgan fingerprint density at radius 3 is 2.60 bits per heavy atom. The maximum absolute atomic E-state index is 13.5. The van der Waals surface area contributed by atoms with E-state index < -0.39 is 16.6 Å². The van der Waals surface area contributed by atoms with Crippen molar-refractivity contribution in [1.29, 1.82) is 0 Å². The number of nitrogens with zero attached hydrogens (tertiary/aromatic N) is 2. The first-order valence-electron chi connectivity index (χ1n) is 7.39. The molecule has 0 atom stereocenters. The van der Waals surface area contributed by atoms with Crippen LogP contribution in [-0.4, -0.2) is 43.0 Å². The molecule has 0 aromatic heterocycles. The second kappa shape index (κ2) is 8.09. The summed E-state index contributed by atoms with van der Waals surface area (Å²) in [6.07, 6.45) is 0. The molecular weight excluding hydrogens is 331 g/mol. The minimum Gasteiger partial charge on any atom is -0.496 e. The van der Waals surface area contributed by atoms with Crippen molar-refractivity contribution in [3.05, 3.63) is 64.0 Å². The molecule has 2 aromatic rings. The number of likely N-dealkylation sites (N-methyl/N-ethyl adjacent to an activating group) is 1. The molecule has 132 valence electrons. The Bertz CT molecular complexity index is 781. The van der Waals surface area contributed by atoms with Crippen molar-refractivity contribution in [2.75, 3.05) is 27.3 Å². The Kier molecular flexibility index (Phi) is 5.89. The van der Waals surface area contributed by atoms with Gasteiger partial charge < -0.3 is 14.4 Å². The zero-order chi connectivity index (χ0) is 18.4. The van der Waals surface area contributed by atoms with Gasteiger partial charge in [-0.2, -0.15) is 0 Å². The normalized spacial score (nSPS) is 10.2. The van der Waals surface area contributed by atoms with Gasteiger partial charge in [0.25, 0.3) is 11.6 Å². The van der Waals surface area contributed by atoms with Gasteiger partial charge in [0.05, 0.1) is 24.1 Å². The molecule has 0 N–H and O–H groups in total. The number of rotatable bonds is 7. The Labute approximate surface area is 143 Å². The zero-order valence-corrected chi connectivity index (χ0v) is 13.8. The molecule has 0 fully saturated rings. The van der Waals surface area contributed by atoms with Crippen LogP contribution in [-0.2, 0) is 0 Å². The van der Waals surface area contributed by atoms with Crippen LogP contribution in [0.25, 0.3) is 0 Å². The molecule has 0 saturated carbocycles. The molecule has 0 radical (unpaired) electrons. The molecule has 2 aromatic carbocycles. The van der Waals surface area contributed by atoms with Gasteiger partial charge in [0.2, 0.25) is 0 Å². The summed E-state index contributed by atoms with van der Waals surface area (Å²) in [5.74, 6) is -0.622. The van der Waals surface area contributed by atoms with E-state index in [1.165, 1.54) is 43.3 Å². The summed E-state index contributed by atoms with van der Waals surface area (Å²) < 4.78 is 23.9. The van der Waals surface area contributed by atoms with Crippen LogP contribution < -0.4 is 9.47 Å². The number of hydrogen-bond donors (Lipinski definition) is 0. The first kappa shape index (κ1) is 18.2. The van der Waals surface area contributed by atoms with Crippen LogP contribution in [0.2, 0.25) is 0 Å². The highest BCUT2D eigenvalue weighted by atomic mass is 19.1. The van der Waals surface area contributed by atoms with Gasteiger partial charge in [-0.05, 0) is 18.2 Å². The van der Waals surface area contributed by atoms with Crippen molar-refractivity contribution in [2.24, 2.45) is 0 Å². The molecule has 2 rings (SSSR count). The number of nitro groups is 1. The highest BCUT2D eigenvalue weighted by molar-refractivity contribution is 5.97. The Hall–Kier alpha value is -3.16. The molecule has 8 heteroatoms. The fourth-order valence-corrected chi connectivity index (χ4v) is 2.14. The second-order valence-electron chi connectivity index (χ2n) is 5.15. The van der Waals surface area contributed by atoms with E-state index in [1.54, 1.807) is 12.1 Å². The van der Waals surface area contributed by atoms with Crippen LogP contribution in [0.4, 0.5) is 10.1 Å². The first-order chi connectivity index (χ1) is 11.9. The van der Waals surface area contributed by atoms with E-state index >= 15 is 0 Å². The zero-order valence-electron chi connectivity index (χ0n) is 13.8. The third kappa shape index (κ3) is 4.43. The van der Waals surface area contributed by atoms with E-state index in [0.717, 1.165) is 6.07 Å². The third-order valence-corrected chi connectivity index (χ3v) is 3.49. The van der Waals surface area contributed by atoms with Crippen LogP contribution in [0.3, 0.4) is 0 Å². The lowest BCUT2D eigenvalue weighted by Crippen LogP contribution is -2.31. The smallest absolute Gasteiger partial charge is 0.270 e. The number of non-ortho nitro benzene ring substituents is 1. The number of nitro benzene ring substituents is 1. The summed E-state index contributed by atoms with van der Waals surface area (Å²) in [6, 6.07) is 9.74. The molecule has 0 aliphatic carbocycles. The fourth-order valence-electron chi connectivity index (χ4n) is 2.14. The minimum atomic E-state index is -0.586. The molecule has 25 heavy (non-hydrogen) atoms. The standard InChI is InChI=1S/C17H17FN2O5/c1-19(9-10-25-16-6-4-3-5-14(16)18)17(21)13-11-12(20(22)23)7-8-15(13)24-2/h3-8,11H,9-10H2,1-2H3. The number of benzene rings is 2. The lowest BCUT2D eigenvalue weighted by atomic mass is 10.1. The monoisotopic (exact) mass is 348 g/mol. The number of methoxy groups -OCH3 is 1. The number of carbonyl (C=O) groups is 1. The number of para-hydroxylation sites is 1. The highest BCUT2D eigenvalue weighted by Crippen LogP contribution is 2.25. The molecule has 0 spiro atoms. The Balaban J connectivity index is 2.05. The van der Waals surface area contributed by atoms with Gasteiger partial charge in [-0.3, -0.25) is 14.9 Å². The maximum atomic E-state index is 13.5. The summed E-state index contributed by atoms with van der Waals surface area (Å²) in [7, 11) is 2.89. The van der Waals surface area contributed by atoms with Crippen LogP contribution in [0.5, 0.6) is 11.5 Å². The summed E-state index contributed by atoms with van der Waals surface area (Å²) in [6.45, 7) is 0.236. The number of amides is 1. The molecule has 0 aliphatic heterocycles. The van der Waals surface area contributed by atoms with Gasteiger partial charge in [-0.15, -0.1) is 0 Å². The van der Waals surface area contributed by atoms with Crippen LogP contribution in [0, 0.1) is 15.9 Å². The van der Waals surface area contributed by atoms with Gasteiger partial charge >= 0.3 is 0 Å². The molecular formula is C17H17FN2O5. The lowest BCUT2D eigenvalue weighted by molar-refractivity contribution is -0.384. The molecule has 0 aliphatic rings. The van der Waals surface area contributed by atoms with Crippen molar-refractivity contribution in [3.8, 4) is 11.5 Å². The van der Waals surface area contributed by atoms with E-state index in [0.29, 0.717) is 0 Å². The third-order valence-electron chi connectivity index (χ3n) is 3.49. The van der Waals surface area contributed by atoms with Crippen molar-refractivity contribution in [3.63, 3.8) is 0 Å². The van der Waals surface area contributed by atoms with Gasteiger partial charge in [0.1, 0.15) is 12.4 Å². The Morgan fingerprint density at radius 2 is 1.96 bits per heavy atom. The van der Waals surface area contributed by atoms with Gasteiger partial charge in [-0.1, -0.05) is 12.1 Å². The largest absolute Gasteiger partial charge is 0.496 e. The van der Waals surface area contributed by atoms with Crippen LogP contribution >= 0.6 is 0 Å². The summed E-state index contributed by atoms with van der Waals surface area (Å²) in [5, 5.41) is 10.9. The average molecular weight is 348 g/mol. The number of hydrogen-bond acceptors (Lipinski definition) is 5. The SMILES string of the molecule is COc1ccc([N+](=O)[O-])cc1C(=O)N(C)CCOc1ccccc1F. The van der Waals surface area contributed by atoms with Crippen molar-refractivity contribution < 1.29 is 23.6 Å². The van der Waals surface area contributed by atoms with Gasteiger partial charge in [-0.25, -0.2) is 4.39 Å². The van der Waals surface area contributed by atoms with E-state index in [-0.39, 0.29) is 35.9 Å². The minimum absolute atomic E-state index is 0.0699. The molecule has 0 saturated heterocycles. The summed E-state index contributed by atoms with van der Waals surface area (Å²) >= 11 is 0. The van der Waals surface area contributed by atoms with Crippen molar-refractivity contribution in [2.45, 2.75) is 0 Å². The van der Waals surface area contributed by atoms with Crippen LogP contribution in [0.1, 0.15) is 10.4 Å². The van der Waals surface area contributed by atoms with Crippen molar-refractivity contribution in [1.82, 2.24) is 4.90 Å². The van der Waals surface area contributed by atoms with Gasteiger partial charge in [0, 0.05) is 19.2 Å². The molecule has 1 amide bonds. The second-order valence-corrected chi connectivity index (χ2v) is 5.15. The molecule has 0 heterocycles. The fraction of sp³-hybridized carbons (Fsp3) is 0.235. The average Bonchev–Trinajstić information content (AvgIpc) is 2.61. The molecule has 7 nitrogen and oxygen atoms in total. The predicted octanol–water partition coefficient (Wildman–Crippen LogP) is 2.89. The van der Waals surface area contributed by atoms with E-state index in [4.69, 9.17) is 9.47 Å². The van der Waals surface area contributed by atoms with E-state index in [9.17, 15) is 19.3 Å². The Morgan fingerprint density at radius 1 is 1.24 bits per heavy atom. The highest BCUT2D eigenvalue weighted by Gasteiger charge is 2.20. The van der Waals surface area contributed by atoms with Gasteiger partial charge in [0.15, 0.2) is 11.6 Å². The first-order valence-corrected chi connectivity index (χ1v) is 7.39. The van der Waals surface area contributed by atoms with Crippen molar-refractivity contribution >= 4 is 11.6 Å². The number of ether oxygens (including phenoxy) is 2. The topological polar surface area (TPSA) is 81.9 Å².